The average Bonchev–Trinajstić information content (AvgIpc) is 2.91. The molecule has 0 saturated carbocycles. The summed E-state index contributed by atoms with van der Waals surface area (Å²) in [6.07, 6.45) is 2.39. The lowest BCUT2D eigenvalue weighted by Gasteiger charge is -2.21. The van der Waals surface area contributed by atoms with Crippen LogP contribution >= 0.6 is 0 Å². The third-order valence-electron chi connectivity index (χ3n) is 3.66. The van der Waals surface area contributed by atoms with Crippen molar-refractivity contribution in [2.45, 2.75) is 12.0 Å². The van der Waals surface area contributed by atoms with E-state index >= 15 is 0 Å². The van der Waals surface area contributed by atoms with Gasteiger partial charge in [-0.1, -0.05) is 6.07 Å². The number of β-amino-alcohol motifs (C(OH)–C–C–N with tert-alkyl or cyclic N) is 1. The normalized spacial score (nSPS) is 22.1. The molecule has 3 rings (SSSR count). The summed E-state index contributed by atoms with van der Waals surface area (Å²) in [5.74, 6) is -0.170. The molecular weight excluding hydrogens is 254 g/mol. The number of carbonyl (C=O) groups excluding carboxylic acids is 1. The van der Waals surface area contributed by atoms with Crippen LogP contribution in [0.25, 0.3) is 10.9 Å². The molecule has 104 valence electrons. The van der Waals surface area contributed by atoms with E-state index in [2.05, 4.69) is 15.6 Å². The number of pyridine rings is 1. The Morgan fingerprint density at radius 3 is 3.15 bits per heavy atom. The van der Waals surface area contributed by atoms with Gasteiger partial charge in [0.25, 0.3) is 5.91 Å². The van der Waals surface area contributed by atoms with E-state index in [0.717, 1.165) is 17.4 Å². The lowest BCUT2D eigenvalue weighted by atomic mass is 10.0. The maximum Gasteiger partial charge on any atom is 0.251 e. The lowest BCUT2D eigenvalue weighted by molar-refractivity contribution is 0.0562. The summed E-state index contributed by atoms with van der Waals surface area (Å²) in [7, 11) is 0. The van der Waals surface area contributed by atoms with Crippen molar-refractivity contribution in [3.05, 3.63) is 42.1 Å². The molecule has 2 aromatic rings. The second-order valence-electron chi connectivity index (χ2n) is 5.24. The van der Waals surface area contributed by atoms with Gasteiger partial charge in [0.15, 0.2) is 0 Å². The maximum absolute atomic E-state index is 12.1. The standard InChI is InChI=1S/C15H17N3O2/c19-14(18-10-15(20)5-7-16-9-15)12-3-4-13-11(8-12)2-1-6-17-13/h1-4,6,8,16,20H,5,7,9-10H2,(H,18,19). The van der Waals surface area contributed by atoms with Gasteiger partial charge in [-0.25, -0.2) is 0 Å². The van der Waals surface area contributed by atoms with E-state index in [1.807, 2.05) is 24.3 Å². The van der Waals surface area contributed by atoms with Crippen molar-refractivity contribution in [3.63, 3.8) is 0 Å². The summed E-state index contributed by atoms with van der Waals surface area (Å²) in [5.41, 5.74) is 0.622. The molecule has 0 radical (unpaired) electrons. The summed E-state index contributed by atoms with van der Waals surface area (Å²) in [6, 6.07) is 9.16. The van der Waals surface area contributed by atoms with Gasteiger partial charge in [-0.2, -0.15) is 0 Å². The molecule has 20 heavy (non-hydrogen) atoms. The van der Waals surface area contributed by atoms with Crippen LogP contribution in [0.2, 0.25) is 0 Å². The van der Waals surface area contributed by atoms with Crippen LogP contribution in [-0.4, -0.2) is 41.2 Å². The summed E-state index contributed by atoms with van der Waals surface area (Å²) in [5, 5.41) is 17.0. The van der Waals surface area contributed by atoms with Gasteiger partial charge in [0, 0.05) is 30.2 Å². The fraction of sp³-hybridized carbons (Fsp3) is 0.333. The first kappa shape index (κ1) is 13.0. The highest BCUT2D eigenvalue weighted by molar-refractivity contribution is 5.97. The molecule has 0 bridgehead atoms. The van der Waals surface area contributed by atoms with Crippen LogP contribution in [0.15, 0.2) is 36.5 Å². The van der Waals surface area contributed by atoms with Crippen molar-refractivity contribution in [2.24, 2.45) is 0 Å². The van der Waals surface area contributed by atoms with Crippen LogP contribution in [0, 0.1) is 0 Å². The van der Waals surface area contributed by atoms with Gasteiger partial charge in [0.1, 0.15) is 0 Å². The first-order valence-corrected chi connectivity index (χ1v) is 6.72. The van der Waals surface area contributed by atoms with Crippen molar-refractivity contribution in [1.29, 1.82) is 0 Å². The fourth-order valence-electron chi connectivity index (χ4n) is 2.45. The Labute approximate surface area is 117 Å². The minimum atomic E-state index is -0.825. The number of benzene rings is 1. The van der Waals surface area contributed by atoms with E-state index in [1.165, 1.54) is 0 Å². The van der Waals surface area contributed by atoms with Gasteiger partial charge in [0.2, 0.25) is 0 Å². The molecular formula is C15H17N3O2. The molecule has 1 unspecified atom stereocenters. The largest absolute Gasteiger partial charge is 0.387 e. The number of rotatable bonds is 3. The number of hydrogen-bond donors (Lipinski definition) is 3. The summed E-state index contributed by atoms with van der Waals surface area (Å²) in [6.45, 7) is 1.58. The molecule has 3 N–H and O–H groups in total. The molecule has 1 aliphatic heterocycles. The highest BCUT2D eigenvalue weighted by atomic mass is 16.3. The van der Waals surface area contributed by atoms with Gasteiger partial charge < -0.3 is 15.7 Å². The second-order valence-corrected chi connectivity index (χ2v) is 5.24. The predicted octanol–water partition coefficient (Wildman–Crippen LogP) is 0.689. The van der Waals surface area contributed by atoms with Gasteiger partial charge in [-0.3, -0.25) is 9.78 Å². The van der Waals surface area contributed by atoms with Crippen molar-refractivity contribution in [3.8, 4) is 0 Å². The summed E-state index contributed by atoms with van der Waals surface area (Å²) < 4.78 is 0. The molecule has 1 saturated heterocycles. The zero-order valence-corrected chi connectivity index (χ0v) is 11.1. The molecule has 5 nitrogen and oxygen atoms in total. The molecule has 1 aromatic carbocycles. The minimum absolute atomic E-state index is 0.170. The first-order valence-electron chi connectivity index (χ1n) is 6.72. The maximum atomic E-state index is 12.1. The van der Waals surface area contributed by atoms with E-state index in [0.29, 0.717) is 18.5 Å². The Bertz CT molecular complexity index is 636. The van der Waals surface area contributed by atoms with Gasteiger partial charge in [-0.15, -0.1) is 0 Å². The Hall–Kier alpha value is -1.98. The van der Waals surface area contributed by atoms with Crippen molar-refractivity contribution >= 4 is 16.8 Å². The van der Waals surface area contributed by atoms with E-state index in [-0.39, 0.29) is 12.5 Å². The molecule has 1 fully saturated rings. The quantitative estimate of drug-likeness (QED) is 0.768. The third kappa shape index (κ3) is 2.64. The van der Waals surface area contributed by atoms with Gasteiger partial charge in [-0.05, 0) is 37.2 Å². The number of amides is 1. The van der Waals surface area contributed by atoms with Crippen LogP contribution in [-0.2, 0) is 0 Å². The highest BCUT2D eigenvalue weighted by Crippen LogP contribution is 2.15. The van der Waals surface area contributed by atoms with Crippen molar-refractivity contribution in [1.82, 2.24) is 15.6 Å². The Kier molecular flexibility index (Phi) is 3.38. The molecule has 1 amide bonds. The minimum Gasteiger partial charge on any atom is -0.387 e. The Morgan fingerprint density at radius 1 is 1.45 bits per heavy atom. The molecule has 2 heterocycles. The molecule has 1 aliphatic rings. The number of fused-ring (bicyclic) bond motifs is 1. The Balaban J connectivity index is 1.72. The zero-order valence-electron chi connectivity index (χ0n) is 11.1. The smallest absolute Gasteiger partial charge is 0.251 e. The first-order chi connectivity index (χ1) is 9.66. The van der Waals surface area contributed by atoms with Gasteiger partial charge in [0.05, 0.1) is 11.1 Å². The highest BCUT2D eigenvalue weighted by Gasteiger charge is 2.31. The second kappa shape index (κ2) is 5.19. The number of aromatic nitrogens is 1. The van der Waals surface area contributed by atoms with Crippen LogP contribution in [0.3, 0.4) is 0 Å². The predicted molar refractivity (Wildman–Crippen MR) is 76.5 cm³/mol. The number of nitrogens with one attached hydrogen (secondary N) is 2. The van der Waals surface area contributed by atoms with Crippen LogP contribution in [0.1, 0.15) is 16.8 Å². The van der Waals surface area contributed by atoms with E-state index in [4.69, 9.17) is 0 Å². The fourth-order valence-corrected chi connectivity index (χ4v) is 2.45. The van der Waals surface area contributed by atoms with E-state index in [9.17, 15) is 9.90 Å². The molecule has 5 heteroatoms. The third-order valence-corrected chi connectivity index (χ3v) is 3.66. The topological polar surface area (TPSA) is 74.2 Å². The van der Waals surface area contributed by atoms with E-state index < -0.39 is 5.60 Å². The lowest BCUT2D eigenvalue weighted by Crippen LogP contribution is -2.44. The zero-order chi connectivity index (χ0) is 14.0. The molecule has 0 aliphatic carbocycles. The molecule has 0 spiro atoms. The number of aliphatic hydroxyl groups is 1. The summed E-state index contributed by atoms with van der Waals surface area (Å²) in [4.78, 5) is 16.3. The molecule has 1 atom stereocenters. The monoisotopic (exact) mass is 271 g/mol. The van der Waals surface area contributed by atoms with Crippen molar-refractivity contribution < 1.29 is 9.90 Å². The number of carbonyl (C=O) groups is 1. The number of nitrogens with zero attached hydrogens (tertiary/aromatic N) is 1. The van der Waals surface area contributed by atoms with Crippen LogP contribution < -0.4 is 10.6 Å². The Morgan fingerprint density at radius 2 is 2.35 bits per heavy atom. The van der Waals surface area contributed by atoms with Crippen LogP contribution in [0.4, 0.5) is 0 Å². The van der Waals surface area contributed by atoms with Crippen molar-refractivity contribution in [2.75, 3.05) is 19.6 Å². The van der Waals surface area contributed by atoms with E-state index in [1.54, 1.807) is 12.3 Å². The SMILES string of the molecule is O=C(NCC1(O)CCNC1)c1ccc2ncccc2c1. The summed E-state index contributed by atoms with van der Waals surface area (Å²) >= 11 is 0. The molecule has 1 aromatic heterocycles. The number of hydrogen-bond acceptors (Lipinski definition) is 4. The van der Waals surface area contributed by atoms with Gasteiger partial charge >= 0.3 is 0 Å². The average molecular weight is 271 g/mol. The van der Waals surface area contributed by atoms with Crippen LogP contribution in [0.5, 0.6) is 0 Å².